The van der Waals surface area contributed by atoms with Gasteiger partial charge in [0.1, 0.15) is 0 Å². The number of nitrogens with one attached hydrogen (secondary N) is 1. The lowest BCUT2D eigenvalue weighted by Crippen LogP contribution is -2.43. The fourth-order valence-electron chi connectivity index (χ4n) is 1.87. The first-order valence-corrected chi connectivity index (χ1v) is 6.66. The first-order valence-electron chi connectivity index (χ1n) is 6.66. The van der Waals surface area contributed by atoms with Crippen molar-refractivity contribution in [1.82, 2.24) is 4.90 Å². The molecule has 0 aliphatic rings. The van der Waals surface area contributed by atoms with Crippen molar-refractivity contribution in [3.63, 3.8) is 0 Å². The number of methoxy groups -OCH3 is 1. The highest BCUT2D eigenvalue weighted by molar-refractivity contribution is 5.94. The highest BCUT2D eigenvalue weighted by Crippen LogP contribution is 2.10. The van der Waals surface area contributed by atoms with Crippen LogP contribution >= 0.6 is 0 Å². The Balaban J connectivity index is 2.61. The molecule has 0 saturated heterocycles. The van der Waals surface area contributed by atoms with E-state index in [1.165, 1.54) is 0 Å². The minimum absolute atomic E-state index is 0.0624. The zero-order valence-electron chi connectivity index (χ0n) is 12.2. The van der Waals surface area contributed by atoms with Gasteiger partial charge in [-0.25, -0.2) is 0 Å². The van der Waals surface area contributed by atoms with E-state index in [9.17, 15) is 4.79 Å². The predicted octanol–water partition coefficient (Wildman–Crippen LogP) is 1.85. The average Bonchev–Trinajstić information content (AvgIpc) is 2.48. The van der Waals surface area contributed by atoms with Gasteiger partial charge < -0.3 is 10.1 Å². The summed E-state index contributed by atoms with van der Waals surface area (Å²) in [6, 6.07) is 8.64. The van der Waals surface area contributed by atoms with Gasteiger partial charge in [0.2, 0.25) is 5.91 Å². The Labute approximate surface area is 120 Å². The number of carbonyl (C=O) groups excluding carboxylic acids is 1. The SMILES string of the molecule is CCN(CCOC)C(C)C(=O)Nc1ccc(C#N)cc1. The van der Waals surface area contributed by atoms with Crippen molar-refractivity contribution in [2.24, 2.45) is 0 Å². The van der Waals surface area contributed by atoms with Crippen LogP contribution in [-0.2, 0) is 9.53 Å². The Hall–Kier alpha value is -1.90. The van der Waals surface area contributed by atoms with Gasteiger partial charge in [-0.1, -0.05) is 6.92 Å². The van der Waals surface area contributed by atoms with E-state index in [4.69, 9.17) is 10.00 Å². The average molecular weight is 275 g/mol. The van der Waals surface area contributed by atoms with E-state index in [1.807, 2.05) is 24.8 Å². The van der Waals surface area contributed by atoms with Crippen LogP contribution in [0, 0.1) is 11.3 Å². The number of ether oxygens (including phenoxy) is 1. The van der Waals surface area contributed by atoms with Gasteiger partial charge in [0, 0.05) is 19.3 Å². The number of likely N-dealkylation sites (N-methyl/N-ethyl adjacent to an activating group) is 1. The highest BCUT2D eigenvalue weighted by atomic mass is 16.5. The number of carbonyl (C=O) groups is 1. The second kappa shape index (κ2) is 8.31. The maximum Gasteiger partial charge on any atom is 0.241 e. The Bertz CT molecular complexity index is 465. The molecule has 0 radical (unpaired) electrons. The van der Waals surface area contributed by atoms with Crippen LogP contribution in [-0.4, -0.2) is 43.7 Å². The summed E-state index contributed by atoms with van der Waals surface area (Å²) in [5.41, 5.74) is 1.27. The quantitative estimate of drug-likeness (QED) is 0.825. The number of hydrogen-bond donors (Lipinski definition) is 1. The third kappa shape index (κ3) is 4.65. The van der Waals surface area contributed by atoms with E-state index in [0.29, 0.717) is 17.9 Å². The van der Waals surface area contributed by atoms with E-state index in [0.717, 1.165) is 13.1 Å². The molecule has 0 spiro atoms. The molecule has 0 aromatic heterocycles. The molecule has 1 aromatic rings. The van der Waals surface area contributed by atoms with Gasteiger partial charge in [0.25, 0.3) is 0 Å². The van der Waals surface area contributed by atoms with Crippen molar-refractivity contribution < 1.29 is 9.53 Å². The van der Waals surface area contributed by atoms with E-state index in [2.05, 4.69) is 5.32 Å². The van der Waals surface area contributed by atoms with Crippen molar-refractivity contribution in [2.45, 2.75) is 19.9 Å². The molecular weight excluding hydrogens is 254 g/mol. The summed E-state index contributed by atoms with van der Waals surface area (Å²) in [5, 5.41) is 11.6. The molecule has 1 aromatic carbocycles. The predicted molar refractivity (Wildman–Crippen MR) is 78.4 cm³/mol. The molecule has 1 atom stereocenters. The van der Waals surface area contributed by atoms with E-state index in [1.54, 1.807) is 31.4 Å². The Morgan fingerprint density at radius 2 is 2.10 bits per heavy atom. The molecule has 0 heterocycles. The summed E-state index contributed by atoms with van der Waals surface area (Å²) in [4.78, 5) is 14.2. The standard InChI is InChI=1S/C15H21N3O2/c1-4-18(9-10-20-3)12(2)15(19)17-14-7-5-13(11-16)6-8-14/h5-8,12H,4,9-10H2,1-3H3,(H,17,19). The second-order valence-corrected chi connectivity index (χ2v) is 4.48. The lowest BCUT2D eigenvalue weighted by molar-refractivity contribution is -0.120. The van der Waals surface area contributed by atoms with Gasteiger partial charge in [0.15, 0.2) is 0 Å². The summed E-state index contributed by atoms with van der Waals surface area (Å²) in [5.74, 6) is -0.0624. The zero-order chi connectivity index (χ0) is 15.0. The highest BCUT2D eigenvalue weighted by Gasteiger charge is 2.19. The van der Waals surface area contributed by atoms with Crippen molar-refractivity contribution >= 4 is 11.6 Å². The molecule has 0 saturated carbocycles. The fraction of sp³-hybridized carbons (Fsp3) is 0.467. The molecule has 1 amide bonds. The molecule has 0 aliphatic heterocycles. The van der Waals surface area contributed by atoms with Gasteiger partial charge in [0.05, 0.1) is 24.3 Å². The number of nitriles is 1. The van der Waals surface area contributed by atoms with Crippen LogP contribution in [0.4, 0.5) is 5.69 Å². The summed E-state index contributed by atoms with van der Waals surface area (Å²) in [6.07, 6.45) is 0. The van der Waals surface area contributed by atoms with Crippen LogP contribution < -0.4 is 5.32 Å². The normalized spacial score (nSPS) is 11.9. The van der Waals surface area contributed by atoms with Gasteiger partial charge in [-0.3, -0.25) is 9.69 Å². The van der Waals surface area contributed by atoms with Gasteiger partial charge >= 0.3 is 0 Å². The molecule has 0 fully saturated rings. The number of amides is 1. The van der Waals surface area contributed by atoms with E-state index >= 15 is 0 Å². The molecular formula is C15H21N3O2. The molecule has 5 heteroatoms. The zero-order valence-corrected chi connectivity index (χ0v) is 12.2. The Morgan fingerprint density at radius 1 is 1.45 bits per heavy atom. The monoisotopic (exact) mass is 275 g/mol. The largest absolute Gasteiger partial charge is 0.383 e. The molecule has 108 valence electrons. The molecule has 0 bridgehead atoms. The molecule has 1 N–H and O–H groups in total. The lowest BCUT2D eigenvalue weighted by atomic mass is 10.2. The van der Waals surface area contributed by atoms with Crippen molar-refractivity contribution in [3.05, 3.63) is 29.8 Å². The number of nitrogens with zero attached hydrogens (tertiary/aromatic N) is 2. The number of hydrogen-bond acceptors (Lipinski definition) is 4. The number of rotatable bonds is 7. The minimum atomic E-state index is -0.231. The van der Waals surface area contributed by atoms with E-state index in [-0.39, 0.29) is 11.9 Å². The lowest BCUT2D eigenvalue weighted by Gasteiger charge is -2.26. The van der Waals surface area contributed by atoms with Crippen LogP contribution in [0.5, 0.6) is 0 Å². The van der Waals surface area contributed by atoms with Crippen LogP contribution in [0.3, 0.4) is 0 Å². The summed E-state index contributed by atoms with van der Waals surface area (Å²) in [7, 11) is 1.65. The summed E-state index contributed by atoms with van der Waals surface area (Å²) < 4.78 is 5.04. The first-order chi connectivity index (χ1) is 9.62. The molecule has 20 heavy (non-hydrogen) atoms. The van der Waals surface area contributed by atoms with Gasteiger partial charge in [-0.05, 0) is 37.7 Å². The maximum absolute atomic E-state index is 12.2. The third-order valence-electron chi connectivity index (χ3n) is 3.20. The second-order valence-electron chi connectivity index (χ2n) is 4.48. The smallest absolute Gasteiger partial charge is 0.241 e. The van der Waals surface area contributed by atoms with Gasteiger partial charge in [-0.2, -0.15) is 5.26 Å². The molecule has 5 nitrogen and oxygen atoms in total. The summed E-state index contributed by atoms with van der Waals surface area (Å²) >= 11 is 0. The van der Waals surface area contributed by atoms with E-state index < -0.39 is 0 Å². The maximum atomic E-state index is 12.2. The Kier molecular flexibility index (Phi) is 6.71. The van der Waals surface area contributed by atoms with Crippen molar-refractivity contribution in [1.29, 1.82) is 5.26 Å². The van der Waals surface area contributed by atoms with Gasteiger partial charge in [-0.15, -0.1) is 0 Å². The first kappa shape index (κ1) is 16.2. The van der Waals surface area contributed by atoms with Crippen molar-refractivity contribution in [2.75, 3.05) is 32.1 Å². The molecule has 0 aliphatic carbocycles. The van der Waals surface area contributed by atoms with Crippen LogP contribution in [0.25, 0.3) is 0 Å². The van der Waals surface area contributed by atoms with Crippen LogP contribution in [0.1, 0.15) is 19.4 Å². The van der Waals surface area contributed by atoms with Crippen molar-refractivity contribution in [3.8, 4) is 6.07 Å². The Morgan fingerprint density at radius 3 is 2.60 bits per heavy atom. The third-order valence-corrected chi connectivity index (χ3v) is 3.20. The molecule has 1 unspecified atom stereocenters. The van der Waals surface area contributed by atoms with Crippen LogP contribution in [0.15, 0.2) is 24.3 Å². The van der Waals surface area contributed by atoms with Crippen LogP contribution in [0.2, 0.25) is 0 Å². The molecule has 1 rings (SSSR count). The summed E-state index contributed by atoms with van der Waals surface area (Å²) in [6.45, 7) is 5.99. The fourth-order valence-corrected chi connectivity index (χ4v) is 1.87. The topological polar surface area (TPSA) is 65.4 Å². The minimum Gasteiger partial charge on any atom is -0.383 e. The number of benzene rings is 1. The number of anilines is 1.